The zero-order valence-corrected chi connectivity index (χ0v) is 18.9. The molecule has 2 fully saturated rings. The minimum atomic E-state index is -0.553. The summed E-state index contributed by atoms with van der Waals surface area (Å²) in [5.74, 6) is 0.216. The van der Waals surface area contributed by atoms with Gasteiger partial charge in [0.1, 0.15) is 0 Å². The summed E-state index contributed by atoms with van der Waals surface area (Å²) in [6.45, 7) is 3.00. The minimum Gasteiger partial charge on any atom is -0.336 e. The summed E-state index contributed by atoms with van der Waals surface area (Å²) >= 11 is 6.09. The number of hydrogen-bond acceptors (Lipinski definition) is 3. The Morgan fingerprint density at radius 1 is 0.970 bits per heavy atom. The largest absolute Gasteiger partial charge is 0.336 e. The quantitative estimate of drug-likeness (QED) is 0.630. The molecular formula is C27H24ClN3O2. The molecular weight excluding hydrogens is 434 g/mol. The van der Waals surface area contributed by atoms with Gasteiger partial charge in [-0.3, -0.25) is 14.5 Å². The van der Waals surface area contributed by atoms with Gasteiger partial charge in [0.15, 0.2) is 0 Å². The highest BCUT2D eigenvalue weighted by Crippen LogP contribution is 2.67. The Morgan fingerprint density at radius 3 is 2.52 bits per heavy atom. The summed E-state index contributed by atoms with van der Waals surface area (Å²) in [6.07, 6.45) is 0.778. The summed E-state index contributed by atoms with van der Waals surface area (Å²) in [5.41, 5.74) is 3.91. The summed E-state index contributed by atoms with van der Waals surface area (Å²) < 4.78 is 0. The summed E-state index contributed by atoms with van der Waals surface area (Å²) in [5, 5.41) is 3.97. The zero-order chi connectivity index (χ0) is 22.6. The summed E-state index contributed by atoms with van der Waals surface area (Å²) in [4.78, 5) is 30.7. The molecule has 1 aliphatic carbocycles. The van der Waals surface area contributed by atoms with Crippen LogP contribution < -0.4 is 10.2 Å². The van der Waals surface area contributed by atoms with Crippen LogP contribution in [0.15, 0.2) is 72.8 Å². The number of fused-ring (bicyclic) bond motifs is 2. The average Bonchev–Trinajstić information content (AvgIpc) is 3.56. The Bertz CT molecular complexity index is 1250. The molecule has 2 heterocycles. The summed E-state index contributed by atoms with van der Waals surface area (Å²) in [7, 11) is 0. The molecule has 1 saturated carbocycles. The van der Waals surface area contributed by atoms with Gasteiger partial charge in [0.2, 0.25) is 5.91 Å². The highest BCUT2D eigenvalue weighted by molar-refractivity contribution is 6.30. The van der Waals surface area contributed by atoms with Crippen molar-refractivity contribution in [1.82, 2.24) is 10.2 Å². The highest BCUT2D eigenvalue weighted by Gasteiger charge is 2.67. The fraction of sp³-hybridized carbons (Fsp3) is 0.259. The molecule has 0 unspecified atom stereocenters. The van der Waals surface area contributed by atoms with Crippen molar-refractivity contribution in [3.8, 4) is 0 Å². The average molecular weight is 458 g/mol. The Morgan fingerprint density at radius 2 is 1.73 bits per heavy atom. The predicted molar refractivity (Wildman–Crippen MR) is 129 cm³/mol. The lowest BCUT2D eigenvalue weighted by atomic mass is 9.92. The van der Waals surface area contributed by atoms with Crippen LogP contribution in [0.4, 0.5) is 11.4 Å². The molecule has 2 aliphatic heterocycles. The normalized spacial score (nSPS) is 23.7. The SMILES string of the molecule is O=C(c1cccc(N2C(=O)[C@]3(C[C@@H]3c3ccc(Cl)cc3)c3ccccc32)c1)N1CCNCC1. The number of para-hydroxylation sites is 1. The van der Waals surface area contributed by atoms with Crippen molar-refractivity contribution in [3.05, 3.63) is 94.5 Å². The first-order valence-corrected chi connectivity index (χ1v) is 11.8. The van der Waals surface area contributed by atoms with Crippen molar-refractivity contribution >= 4 is 34.8 Å². The third-order valence-electron chi connectivity index (χ3n) is 7.20. The third-order valence-corrected chi connectivity index (χ3v) is 7.45. The van der Waals surface area contributed by atoms with Crippen LogP contribution in [0.1, 0.15) is 33.8 Å². The highest BCUT2D eigenvalue weighted by atomic mass is 35.5. The standard InChI is InChI=1S/C27H24ClN3O2/c28-20-10-8-18(9-11-20)23-17-27(23)22-6-1-2-7-24(22)31(26(27)33)21-5-3-4-19(16-21)25(32)30-14-12-29-13-15-30/h1-11,16,23,29H,12-15,17H2/t23-,27-/m1/s1. The molecule has 2 amide bonds. The minimum absolute atomic E-state index is 0.0125. The van der Waals surface area contributed by atoms with E-state index in [4.69, 9.17) is 11.6 Å². The molecule has 0 aromatic heterocycles. The lowest BCUT2D eigenvalue weighted by Gasteiger charge is -2.28. The van der Waals surface area contributed by atoms with E-state index < -0.39 is 5.41 Å². The Kier molecular flexibility index (Phi) is 4.78. The number of piperazine rings is 1. The molecule has 6 heteroatoms. The smallest absolute Gasteiger partial charge is 0.254 e. The first-order valence-electron chi connectivity index (χ1n) is 11.4. The monoisotopic (exact) mass is 457 g/mol. The zero-order valence-electron chi connectivity index (χ0n) is 18.1. The van der Waals surface area contributed by atoms with Crippen molar-refractivity contribution in [3.63, 3.8) is 0 Å². The van der Waals surface area contributed by atoms with E-state index in [1.807, 2.05) is 71.6 Å². The van der Waals surface area contributed by atoms with Crippen LogP contribution in [0.25, 0.3) is 0 Å². The van der Waals surface area contributed by atoms with E-state index in [1.165, 1.54) is 0 Å². The van der Waals surface area contributed by atoms with Gasteiger partial charge in [0.25, 0.3) is 5.91 Å². The first-order chi connectivity index (χ1) is 16.1. The molecule has 0 radical (unpaired) electrons. The van der Waals surface area contributed by atoms with Gasteiger partial charge in [-0.1, -0.05) is 48.0 Å². The Labute approximate surface area is 198 Å². The summed E-state index contributed by atoms with van der Waals surface area (Å²) in [6, 6.07) is 23.3. The van der Waals surface area contributed by atoms with E-state index in [-0.39, 0.29) is 17.7 Å². The van der Waals surface area contributed by atoms with Crippen LogP contribution in [-0.4, -0.2) is 42.9 Å². The molecule has 2 atom stereocenters. The van der Waals surface area contributed by atoms with Gasteiger partial charge in [-0.25, -0.2) is 0 Å². The van der Waals surface area contributed by atoms with Crippen LogP contribution in [0.5, 0.6) is 0 Å². The molecule has 5 nitrogen and oxygen atoms in total. The second-order valence-electron chi connectivity index (χ2n) is 9.03. The number of hydrogen-bond donors (Lipinski definition) is 1. The van der Waals surface area contributed by atoms with Crippen molar-refractivity contribution in [2.75, 3.05) is 31.1 Å². The van der Waals surface area contributed by atoms with E-state index in [0.717, 1.165) is 42.0 Å². The van der Waals surface area contributed by atoms with Gasteiger partial charge < -0.3 is 10.2 Å². The first kappa shape index (κ1) is 20.5. The fourth-order valence-electron chi connectivity index (χ4n) is 5.45. The number of nitrogens with zero attached hydrogens (tertiary/aromatic N) is 2. The molecule has 6 rings (SSSR count). The lowest BCUT2D eigenvalue weighted by Crippen LogP contribution is -2.46. The molecule has 166 valence electrons. The molecule has 1 N–H and O–H groups in total. The number of halogens is 1. The number of rotatable bonds is 3. The molecule has 3 aliphatic rings. The number of anilines is 2. The van der Waals surface area contributed by atoms with Crippen molar-refractivity contribution < 1.29 is 9.59 Å². The van der Waals surface area contributed by atoms with Crippen LogP contribution in [0, 0.1) is 0 Å². The van der Waals surface area contributed by atoms with Crippen LogP contribution >= 0.6 is 11.6 Å². The molecule has 33 heavy (non-hydrogen) atoms. The number of carbonyl (C=O) groups excluding carboxylic acids is 2. The molecule has 3 aromatic rings. The molecule has 3 aromatic carbocycles. The number of carbonyl (C=O) groups is 2. The van der Waals surface area contributed by atoms with Gasteiger partial charge in [-0.05, 0) is 53.9 Å². The van der Waals surface area contributed by atoms with E-state index in [0.29, 0.717) is 23.7 Å². The fourth-order valence-corrected chi connectivity index (χ4v) is 5.58. The second-order valence-corrected chi connectivity index (χ2v) is 9.47. The van der Waals surface area contributed by atoms with Gasteiger partial charge >= 0.3 is 0 Å². The van der Waals surface area contributed by atoms with Crippen molar-refractivity contribution in [2.45, 2.75) is 17.8 Å². The van der Waals surface area contributed by atoms with E-state index >= 15 is 0 Å². The second kappa shape index (κ2) is 7.72. The van der Waals surface area contributed by atoms with Gasteiger partial charge in [-0.15, -0.1) is 0 Å². The van der Waals surface area contributed by atoms with Gasteiger partial charge in [0, 0.05) is 48.4 Å². The lowest BCUT2D eigenvalue weighted by molar-refractivity contribution is -0.119. The predicted octanol–water partition coefficient (Wildman–Crippen LogP) is 4.49. The third kappa shape index (κ3) is 3.18. The van der Waals surface area contributed by atoms with Crippen molar-refractivity contribution in [2.24, 2.45) is 0 Å². The maximum Gasteiger partial charge on any atom is 0.254 e. The number of benzene rings is 3. The maximum absolute atomic E-state index is 14.0. The molecule has 1 saturated heterocycles. The topological polar surface area (TPSA) is 52.7 Å². The number of amides is 2. The van der Waals surface area contributed by atoms with Crippen LogP contribution in [0.2, 0.25) is 5.02 Å². The van der Waals surface area contributed by atoms with Crippen LogP contribution in [-0.2, 0) is 10.2 Å². The maximum atomic E-state index is 14.0. The van der Waals surface area contributed by atoms with E-state index in [9.17, 15) is 9.59 Å². The van der Waals surface area contributed by atoms with E-state index in [1.54, 1.807) is 4.90 Å². The molecule has 1 spiro atoms. The van der Waals surface area contributed by atoms with Crippen LogP contribution in [0.3, 0.4) is 0 Å². The number of nitrogens with one attached hydrogen (secondary N) is 1. The Hall–Kier alpha value is -3.15. The van der Waals surface area contributed by atoms with Gasteiger partial charge in [0.05, 0.1) is 11.1 Å². The van der Waals surface area contributed by atoms with Crippen molar-refractivity contribution in [1.29, 1.82) is 0 Å². The van der Waals surface area contributed by atoms with Gasteiger partial charge in [-0.2, -0.15) is 0 Å². The Balaban J connectivity index is 1.37. The van der Waals surface area contributed by atoms with E-state index in [2.05, 4.69) is 11.4 Å². The molecule has 0 bridgehead atoms.